The van der Waals surface area contributed by atoms with E-state index >= 15 is 0 Å². The number of aliphatic carboxylic acids is 1. The van der Waals surface area contributed by atoms with Crippen molar-refractivity contribution in [2.24, 2.45) is 11.8 Å². The van der Waals surface area contributed by atoms with Gasteiger partial charge >= 0.3 is 5.97 Å². The zero-order valence-electron chi connectivity index (χ0n) is 7.69. The van der Waals surface area contributed by atoms with Crippen molar-refractivity contribution < 1.29 is 15.0 Å². The molecule has 3 atom stereocenters. The molecule has 3 nitrogen and oxygen atoms in total. The third kappa shape index (κ3) is 3.05. The van der Waals surface area contributed by atoms with Crippen LogP contribution in [0.25, 0.3) is 0 Å². The minimum Gasteiger partial charge on any atom is -0.481 e. The number of aliphatic hydroxyl groups is 1. The molecule has 0 aliphatic rings. The largest absolute Gasteiger partial charge is 0.481 e. The molecule has 0 amide bonds. The Kier molecular flexibility index (Phi) is 4.59. The highest BCUT2D eigenvalue weighted by Gasteiger charge is 2.24. The number of carbonyl (C=O) groups is 1. The SMILES string of the molecule is CC=C[C@H](C)[C@H](O)[C@@H](C)C(=O)O. The zero-order chi connectivity index (χ0) is 9.72. The summed E-state index contributed by atoms with van der Waals surface area (Å²) in [6, 6.07) is 0. The van der Waals surface area contributed by atoms with Crippen LogP contribution < -0.4 is 0 Å². The van der Waals surface area contributed by atoms with Gasteiger partial charge in [0.25, 0.3) is 0 Å². The first-order chi connectivity index (χ1) is 5.50. The maximum Gasteiger partial charge on any atom is 0.308 e. The topological polar surface area (TPSA) is 57.5 Å². The Morgan fingerprint density at radius 1 is 1.42 bits per heavy atom. The molecule has 0 saturated carbocycles. The highest BCUT2D eigenvalue weighted by Crippen LogP contribution is 2.14. The van der Waals surface area contributed by atoms with Crippen molar-refractivity contribution in [1.82, 2.24) is 0 Å². The molecule has 0 fully saturated rings. The van der Waals surface area contributed by atoms with Crippen molar-refractivity contribution in [2.45, 2.75) is 26.9 Å². The normalized spacial score (nSPS) is 19.0. The third-order valence-electron chi connectivity index (χ3n) is 1.94. The van der Waals surface area contributed by atoms with Crippen molar-refractivity contribution in [2.75, 3.05) is 0 Å². The summed E-state index contributed by atoms with van der Waals surface area (Å²) < 4.78 is 0. The molecule has 0 aliphatic carbocycles. The number of aliphatic hydroxyl groups excluding tert-OH is 1. The van der Waals surface area contributed by atoms with Crippen LogP contribution in [0, 0.1) is 11.8 Å². The highest BCUT2D eigenvalue weighted by atomic mass is 16.4. The summed E-state index contributed by atoms with van der Waals surface area (Å²) in [5.74, 6) is -1.78. The Balaban J connectivity index is 4.17. The van der Waals surface area contributed by atoms with Gasteiger partial charge in [0, 0.05) is 5.92 Å². The van der Waals surface area contributed by atoms with E-state index in [0.717, 1.165) is 0 Å². The van der Waals surface area contributed by atoms with Gasteiger partial charge in [-0.3, -0.25) is 4.79 Å². The number of allylic oxidation sites excluding steroid dienone is 1. The Morgan fingerprint density at radius 3 is 2.25 bits per heavy atom. The van der Waals surface area contributed by atoms with E-state index in [1.54, 1.807) is 13.0 Å². The van der Waals surface area contributed by atoms with Crippen LogP contribution in [0.15, 0.2) is 12.2 Å². The van der Waals surface area contributed by atoms with E-state index in [2.05, 4.69) is 0 Å². The van der Waals surface area contributed by atoms with Crippen LogP contribution in [0.4, 0.5) is 0 Å². The van der Waals surface area contributed by atoms with Crippen LogP contribution >= 0.6 is 0 Å². The van der Waals surface area contributed by atoms with Crippen molar-refractivity contribution in [3.8, 4) is 0 Å². The van der Waals surface area contributed by atoms with Gasteiger partial charge < -0.3 is 10.2 Å². The molecule has 2 N–H and O–H groups in total. The third-order valence-corrected chi connectivity index (χ3v) is 1.94. The first-order valence-electron chi connectivity index (χ1n) is 4.04. The molecule has 0 aliphatic heterocycles. The summed E-state index contributed by atoms with van der Waals surface area (Å²) in [5, 5.41) is 18.0. The summed E-state index contributed by atoms with van der Waals surface area (Å²) >= 11 is 0. The number of rotatable bonds is 4. The zero-order valence-corrected chi connectivity index (χ0v) is 7.69. The minimum absolute atomic E-state index is 0.110. The fourth-order valence-corrected chi connectivity index (χ4v) is 1.02. The molecule has 0 aromatic heterocycles. The van der Waals surface area contributed by atoms with Crippen molar-refractivity contribution in [1.29, 1.82) is 0 Å². The fourth-order valence-electron chi connectivity index (χ4n) is 1.02. The fraction of sp³-hybridized carbons (Fsp3) is 0.667. The molecule has 0 saturated heterocycles. The van der Waals surface area contributed by atoms with Gasteiger partial charge in [-0.25, -0.2) is 0 Å². The summed E-state index contributed by atoms with van der Waals surface area (Å²) in [6.45, 7) is 5.14. The lowest BCUT2D eigenvalue weighted by atomic mass is 9.93. The van der Waals surface area contributed by atoms with E-state index in [9.17, 15) is 9.90 Å². The Hall–Kier alpha value is -0.830. The molecule has 12 heavy (non-hydrogen) atoms. The van der Waals surface area contributed by atoms with Crippen LogP contribution in [-0.4, -0.2) is 22.3 Å². The molecule has 0 rings (SSSR count). The second-order valence-electron chi connectivity index (χ2n) is 3.00. The van der Waals surface area contributed by atoms with Crippen molar-refractivity contribution in [3.63, 3.8) is 0 Å². The Morgan fingerprint density at radius 2 is 1.92 bits per heavy atom. The van der Waals surface area contributed by atoms with Gasteiger partial charge in [-0.15, -0.1) is 0 Å². The van der Waals surface area contributed by atoms with Gasteiger partial charge in [0.05, 0.1) is 12.0 Å². The predicted molar refractivity (Wildman–Crippen MR) is 46.8 cm³/mol. The van der Waals surface area contributed by atoms with Gasteiger partial charge in [0.2, 0.25) is 0 Å². The van der Waals surface area contributed by atoms with Gasteiger partial charge in [-0.1, -0.05) is 19.1 Å². The summed E-state index contributed by atoms with van der Waals surface area (Å²) in [7, 11) is 0. The van der Waals surface area contributed by atoms with E-state index in [-0.39, 0.29) is 5.92 Å². The molecule has 0 radical (unpaired) electrons. The van der Waals surface area contributed by atoms with Crippen LogP contribution in [0.3, 0.4) is 0 Å². The van der Waals surface area contributed by atoms with E-state index in [4.69, 9.17) is 5.11 Å². The lowest BCUT2D eigenvalue weighted by Crippen LogP contribution is -2.30. The minimum atomic E-state index is -0.959. The molecular formula is C9H16O3. The van der Waals surface area contributed by atoms with Crippen molar-refractivity contribution >= 4 is 5.97 Å². The molecule has 0 bridgehead atoms. The number of carboxylic acid groups (broad SMARTS) is 1. The van der Waals surface area contributed by atoms with E-state index in [1.165, 1.54) is 6.92 Å². The maximum absolute atomic E-state index is 10.5. The lowest BCUT2D eigenvalue weighted by molar-refractivity contribution is -0.145. The number of carboxylic acids is 1. The lowest BCUT2D eigenvalue weighted by Gasteiger charge is -2.18. The second-order valence-corrected chi connectivity index (χ2v) is 3.00. The highest BCUT2D eigenvalue weighted by molar-refractivity contribution is 5.70. The average Bonchev–Trinajstić information content (AvgIpc) is 2.02. The van der Waals surface area contributed by atoms with Gasteiger partial charge in [-0.2, -0.15) is 0 Å². The smallest absolute Gasteiger partial charge is 0.308 e. The van der Waals surface area contributed by atoms with Crippen LogP contribution in [0.2, 0.25) is 0 Å². The molecular weight excluding hydrogens is 156 g/mol. The van der Waals surface area contributed by atoms with Crippen LogP contribution in [0.1, 0.15) is 20.8 Å². The van der Waals surface area contributed by atoms with Crippen LogP contribution in [-0.2, 0) is 4.79 Å². The van der Waals surface area contributed by atoms with Crippen molar-refractivity contribution in [3.05, 3.63) is 12.2 Å². The van der Waals surface area contributed by atoms with Crippen LogP contribution in [0.5, 0.6) is 0 Å². The summed E-state index contributed by atoms with van der Waals surface area (Å²) in [5.41, 5.74) is 0. The molecule has 70 valence electrons. The standard InChI is InChI=1S/C9H16O3/c1-4-5-6(2)8(10)7(3)9(11)12/h4-8,10H,1-3H3,(H,11,12)/t6-,7+,8-/m0/s1. The summed E-state index contributed by atoms with van der Waals surface area (Å²) in [6.07, 6.45) is 2.80. The maximum atomic E-state index is 10.5. The second kappa shape index (κ2) is 4.93. The monoisotopic (exact) mass is 172 g/mol. The molecule has 3 heteroatoms. The summed E-state index contributed by atoms with van der Waals surface area (Å²) in [4.78, 5) is 10.5. The first-order valence-corrected chi connectivity index (χ1v) is 4.04. The Bertz CT molecular complexity index is 175. The molecule has 0 aromatic rings. The van der Waals surface area contributed by atoms with Gasteiger partial charge in [0.1, 0.15) is 0 Å². The van der Waals surface area contributed by atoms with Gasteiger partial charge in [0.15, 0.2) is 0 Å². The Labute approximate surface area is 72.7 Å². The first kappa shape index (κ1) is 11.2. The number of hydrogen-bond acceptors (Lipinski definition) is 2. The predicted octanol–water partition coefficient (Wildman–Crippen LogP) is 1.28. The van der Waals surface area contributed by atoms with E-state index in [1.807, 2.05) is 13.0 Å². The molecule has 0 unspecified atom stereocenters. The van der Waals surface area contributed by atoms with Gasteiger partial charge in [-0.05, 0) is 13.8 Å². The molecule has 0 aromatic carbocycles. The molecule has 0 heterocycles. The number of hydrogen-bond donors (Lipinski definition) is 2. The van der Waals surface area contributed by atoms with E-state index in [0.29, 0.717) is 0 Å². The quantitative estimate of drug-likeness (QED) is 0.628. The molecule has 0 spiro atoms. The van der Waals surface area contributed by atoms with E-state index < -0.39 is 18.0 Å². The average molecular weight is 172 g/mol.